The van der Waals surface area contributed by atoms with Crippen LogP contribution in [0, 0.1) is 0 Å². The predicted molar refractivity (Wildman–Crippen MR) is 14.2 cm³/mol. The van der Waals surface area contributed by atoms with Gasteiger partial charge >= 0.3 is 46.9 Å². The van der Waals surface area contributed by atoms with Crippen LogP contribution in [-0.4, -0.2) is 8.42 Å². The molecule has 0 aliphatic rings. The van der Waals surface area contributed by atoms with Crippen LogP contribution in [0.5, 0.6) is 0 Å². The van der Waals surface area contributed by atoms with Gasteiger partial charge < -0.3 is 0 Å². The first-order valence-electron chi connectivity index (χ1n) is 0.902. The average Bonchev–Trinajstić information content (AvgIpc) is 1.35. The van der Waals surface area contributed by atoms with E-state index in [0.29, 0.717) is 0 Å². The van der Waals surface area contributed by atoms with Crippen LogP contribution in [0.25, 0.3) is 0 Å². The monoisotopic (exact) mass is 194 g/mol. The molecule has 0 aliphatic carbocycles. The fourth-order valence-corrected chi connectivity index (χ4v) is 0. The summed E-state index contributed by atoms with van der Waals surface area (Å²) in [5.74, 6) is 0. The molecular formula is H2MoNO3S. The predicted octanol–water partition coefficient (Wildman–Crippen LogP) is -1.33. The third-order valence-corrected chi connectivity index (χ3v) is 1.68. The maximum absolute atomic E-state index is 9.56. The Bertz CT molecular complexity index is 113. The average molecular weight is 192 g/mol. The van der Waals surface area contributed by atoms with Gasteiger partial charge in [-0.2, -0.15) is 0 Å². The van der Waals surface area contributed by atoms with E-state index in [9.17, 15) is 8.42 Å². The van der Waals surface area contributed by atoms with Crippen LogP contribution in [0.2, 0.25) is 0 Å². The van der Waals surface area contributed by atoms with E-state index in [-0.39, 0.29) is 0 Å². The second-order valence-electron chi connectivity index (χ2n) is 0.561. The molecule has 0 saturated heterocycles. The van der Waals surface area contributed by atoms with Crippen molar-refractivity contribution in [3.63, 3.8) is 0 Å². The topological polar surface area (TPSA) is 69.4 Å². The van der Waals surface area contributed by atoms with Crippen molar-refractivity contribution < 1.29 is 31.4 Å². The van der Waals surface area contributed by atoms with Crippen LogP contribution >= 0.6 is 0 Å². The molecular weight excluding hydrogens is 190 g/mol. The SMILES string of the molecule is NS(=O)(=O)[O][Mo]. The van der Waals surface area contributed by atoms with Gasteiger partial charge in [-0.1, -0.05) is 0 Å². The third-order valence-electron chi connectivity index (χ3n) is 0.0948. The first-order chi connectivity index (χ1) is 2.56. The van der Waals surface area contributed by atoms with Gasteiger partial charge in [0.15, 0.2) is 0 Å². The molecule has 0 rings (SSSR count). The van der Waals surface area contributed by atoms with E-state index in [0.717, 1.165) is 20.2 Å². The van der Waals surface area contributed by atoms with E-state index in [1.54, 1.807) is 0 Å². The van der Waals surface area contributed by atoms with Gasteiger partial charge in [-0.05, 0) is 0 Å². The quantitative estimate of drug-likeness (QED) is 0.523. The van der Waals surface area contributed by atoms with Crippen molar-refractivity contribution in [1.29, 1.82) is 0 Å². The summed E-state index contributed by atoms with van der Waals surface area (Å²) in [4.78, 5) is 0. The van der Waals surface area contributed by atoms with E-state index < -0.39 is 10.3 Å². The zero-order valence-corrected chi connectivity index (χ0v) is 5.44. The summed E-state index contributed by atoms with van der Waals surface area (Å²) in [7, 11) is -3.66. The molecule has 0 radical (unpaired) electrons. The first-order valence-corrected chi connectivity index (χ1v) is 3.19. The minimum absolute atomic E-state index is 0.933. The van der Waals surface area contributed by atoms with Gasteiger partial charge in [0.2, 0.25) is 0 Å². The summed E-state index contributed by atoms with van der Waals surface area (Å²) in [6, 6.07) is 0. The fraction of sp³-hybridized carbons (Fsp3) is 0. The second kappa shape index (κ2) is 2.02. The van der Waals surface area contributed by atoms with E-state index in [4.69, 9.17) is 0 Å². The Kier molecular flexibility index (Phi) is 2.21. The summed E-state index contributed by atoms with van der Waals surface area (Å²) >= 11 is 0.933. The second-order valence-corrected chi connectivity index (χ2v) is 2.69. The number of nitrogens with two attached hydrogens (primary N) is 1. The van der Waals surface area contributed by atoms with Crippen LogP contribution in [0.15, 0.2) is 0 Å². The number of hydrogen-bond acceptors (Lipinski definition) is 3. The van der Waals surface area contributed by atoms with Crippen molar-refractivity contribution in [3.8, 4) is 0 Å². The minimum atomic E-state index is -3.66. The van der Waals surface area contributed by atoms with Crippen LogP contribution in [-0.2, 0) is 33.3 Å². The van der Waals surface area contributed by atoms with E-state index >= 15 is 0 Å². The first kappa shape index (κ1) is 6.56. The molecule has 6 heteroatoms. The third kappa shape index (κ3) is 4.56. The Hall–Kier alpha value is 0.558. The van der Waals surface area contributed by atoms with Crippen molar-refractivity contribution in [2.24, 2.45) is 5.14 Å². The molecule has 0 saturated carbocycles. The molecule has 0 aromatic rings. The van der Waals surface area contributed by atoms with Gasteiger partial charge in [0.1, 0.15) is 0 Å². The Morgan fingerprint density at radius 2 is 1.83 bits per heavy atom. The summed E-state index contributed by atoms with van der Waals surface area (Å²) in [6.07, 6.45) is 0. The van der Waals surface area contributed by atoms with Crippen molar-refractivity contribution in [1.82, 2.24) is 0 Å². The molecule has 4 nitrogen and oxygen atoms in total. The van der Waals surface area contributed by atoms with Crippen LogP contribution < -0.4 is 5.14 Å². The van der Waals surface area contributed by atoms with E-state index in [1.807, 2.05) is 0 Å². The summed E-state index contributed by atoms with van der Waals surface area (Å²) in [5, 5.41) is 4.29. The number of rotatable bonds is 1. The summed E-state index contributed by atoms with van der Waals surface area (Å²) in [6.45, 7) is 0. The maximum atomic E-state index is 9.56. The molecule has 0 aliphatic heterocycles. The zero-order chi connectivity index (χ0) is 5.21. The molecule has 0 fully saturated rings. The molecule has 0 aromatic carbocycles. The Morgan fingerprint density at radius 1 is 1.67 bits per heavy atom. The van der Waals surface area contributed by atoms with Gasteiger partial charge in [-0.15, -0.1) is 0 Å². The molecule has 0 heterocycles. The van der Waals surface area contributed by atoms with Crippen molar-refractivity contribution >= 4 is 10.3 Å². The Balaban J connectivity index is 3.85. The number of hydrogen-bond donors (Lipinski definition) is 1. The molecule has 0 atom stereocenters. The van der Waals surface area contributed by atoms with E-state index in [1.165, 1.54) is 0 Å². The summed E-state index contributed by atoms with van der Waals surface area (Å²) < 4.78 is 22.8. The molecule has 2 N–H and O–H groups in total. The standard InChI is InChI=1S/Mo.H3NO3S/c;1-5(2,3)4/h;(H3,1,2,3,4)/q+1;/p-1. The van der Waals surface area contributed by atoms with Gasteiger partial charge in [-0.25, -0.2) is 0 Å². The molecule has 37 valence electrons. The van der Waals surface area contributed by atoms with Gasteiger partial charge in [0.25, 0.3) is 0 Å². The van der Waals surface area contributed by atoms with Gasteiger partial charge in [-0.3, -0.25) is 0 Å². The molecule has 0 bridgehead atoms. The zero-order valence-electron chi connectivity index (χ0n) is 2.62. The van der Waals surface area contributed by atoms with Crippen molar-refractivity contribution in [2.75, 3.05) is 0 Å². The molecule has 0 unspecified atom stereocenters. The van der Waals surface area contributed by atoms with E-state index in [2.05, 4.69) is 7.98 Å². The van der Waals surface area contributed by atoms with Crippen LogP contribution in [0.4, 0.5) is 0 Å². The molecule has 0 amide bonds. The van der Waals surface area contributed by atoms with Crippen LogP contribution in [0.3, 0.4) is 0 Å². The van der Waals surface area contributed by atoms with Crippen LogP contribution in [0.1, 0.15) is 0 Å². The Labute approximate surface area is 47.3 Å². The van der Waals surface area contributed by atoms with Crippen molar-refractivity contribution in [3.05, 3.63) is 0 Å². The van der Waals surface area contributed by atoms with Gasteiger partial charge in [0.05, 0.1) is 0 Å². The summed E-state index contributed by atoms with van der Waals surface area (Å²) in [5.41, 5.74) is 0. The van der Waals surface area contributed by atoms with Crippen molar-refractivity contribution in [2.45, 2.75) is 0 Å². The molecule has 0 aromatic heterocycles. The fourth-order valence-electron chi connectivity index (χ4n) is 0. The molecule has 0 spiro atoms. The Morgan fingerprint density at radius 3 is 1.83 bits per heavy atom. The van der Waals surface area contributed by atoms with Gasteiger partial charge in [0, 0.05) is 0 Å². The normalized spacial score (nSPS) is 11.5. The molecule has 6 heavy (non-hydrogen) atoms.